The molecule has 0 aliphatic carbocycles. The lowest BCUT2D eigenvalue weighted by Crippen LogP contribution is -2.59. The summed E-state index contributed by atoms with van der Waals surface area (Å²) in [5, 5.41) is 56.2. The fourth-order valence-corrected chi connectivity index (χ4v) is 11.5. The number of likely N-dealkylation sites (N-methyl/N-ethyl adjacent to an activating group) is 2. The average molecular weight is 1030 g/mol. The molecule has 71 heavy (non-hydrogen) atoms. The predicted octanol–water partition coefficient (Wildman–Crippen LogP) is 5.77. The molecule has 4 N–H and O–H groups in total. The van der Waals surface area contributed by atoms with Crippen molar-refractivity contribution in [3.05, 3.63) is 47.3 Å². The van der Waals surface area contributed by atoms with Gasteiger partial charge in [0.1, 0.15) is 42.7 Å². The molecule has 3 fully saturated rings. The molecular weight excluding hydrogens is 941 g/mol. The van der Waals surface area contributed by atoms with Gasteiger partial charge >= 0.3 is 5.97 Å². The number of carbonyl (C=O) groups is 1. The summed E-state index contributed by atoms with van der Waals surface area (Å²) >= 11 is 6.00. The fraction of sp³-hybridized carbons (Fsp3) is 0.827. The van der Waals surface area contributed by atoms with Crippen LogP contribution in [0.5, 0.6) is 0 Å². The molecule has 1 aromatic heterocycles. The van der Waals surface area contributed by atoms with Gasteiger partial charge in [0, 0.05) is 76.7 Å². The number of rotatable bonds is 16. The Balaban J connectivity index is 1.42. The molecule has 3 aliphatic heterocycles. The van der Waals surface area contributed by atoms with Crippen molar-refractivity contribution in [2.75, 3.05) is 48.1 Å². The number of halogens is 2. The van der Waals surface area contributed by atoms with Gasteiger partial charge in [0.15, 0.2) is 12.6 Å². The van der Waals surface area contributed by atoms with Crippen molar-refractivity contribution in [1.29, 1.82) is 0 Å². The average Bonchev–Trinajstić information content (AvgIpc) is 3.80. The Morgan fingerprint density at radius 2 is 1.65 bits per heavy atom. The summed E-state index contributed by atoms with van der Waals surface area (Å²) in [6.45, 7) is 18.2. The van der Waals surface area contributed by atoms with Crippen molar-refractivity contribution in [1.82, 2.24) is 24.8 Å². The molecule has 19 heteroatoms. The lowest BCUT2D eigenvalue weighted by atomic mass is 9.77. The Morgan fingerprint density at radius 3 is 2.25 bits per heavy atom. The second-order valence-electron chi connectivity index (χ2n) is 21.8. The lowest BCUT2D eigenvalue weighted by Gasteiger charge is -2.48. The van der Waals surface area contributed by atoms with Gasteiger partial charge in [-0.2, -0.15) is 0 Å². The summed E-state index contributed by atoms with van der Waals surface area (Å²) < 4.78 is 60.6. The quantitative estimate of drug-likeness (QED) is 0.117. The normalized spacial score (nSPS) is 39.4. The lowest BCUT2D eigenvalue weighted by molar-refractivity contribution is -0.308. The van der Waals surface area contributed by atoms with E-state index in [9.17, 15) is 29.6 Å². The number of alkyl halides is 2. The zero-order chi connectivity index (χ0) is 52.7. The van der Waals surface area contributed by atoms with Crippen LogP contribution in [-0.4, -0.2) is 183 Å². The number of ether oxygens (including phenoxy) is 7. The molecule has 0 saturated carbocycles. The summed E-state index contributed by atoms with van der Waals surface area (Å²) in [4.78, 5) is 18.7. The zero-order valence-electron chi connectivity index (χ0n) is 44.7. The number of methoxy groups -OCH3 is 2. The van der Waals surface area contributed by atoms with Crippen molar-refractivity contribution in [2.45, 2.75) is 210 Å². The Kier molecular flexibility index (Phi) is 21.3. The Hall–Kier alpha value is -2.43. The van der Waals surface area contributed by atoms with Gasteiger partial charge in [-0.05, 0) is 98.9 Å². The fourth-order valence-electron chi connectivity index (χ4n) is 11.3. The monoisotopic (exact) mass is 1030 g/mol. The van der Waals surface area contributed by atoms with Gasteiger partial charge in [-0.3, -0.25) is 4.79 Å². The first-order chi connectivity index (χ1) is 33.3. The zero-order valence-corrected chi connectivity index (χ0v) is 45.5. The van der Waals surface area contributed by atoms with E-state index < -0.39 is 109 Å². The molecule has 0 radical (unpaired) electrons. The molecule has 0 bridgehead atoms. The second kappa shape index (κ2) is 25.4. The number of carbonyl (C=O) groups excluding carboxylic acids is 1. The molecule has 3 aliphatic rings. The molecule has 17 nitrogen and oxygen atoms in total. The van der Waals surface area contributed by atoms with Gasteiger partial charge in [0.25, 0.3) is 0 Å². The van der Waals surface area contributed by atoms with E-state index in [1.807, 2.05) is 71.0 Å². The van der Waals surface area contributed by atoms with E-state index >= 15 is 0 Å². The second-order valence-corrected chi connectivity index (χ2v) is 22.0. The van der Waals surface area contributed by atoms with Crippen LogP contribution in [0.2, 0.25) is 0 Å². The van der Waals surface area contributed by atoms with Gasteiger partial charge in [0.2, 0.25) is 0 Å². The van der Waals surface area contributed by atoms with E-state index in [0.29, 0.717) is 43.9 Å². The van der Waals surface area contributed by atoms with Crippen molar-refractivity contribution >= 4 is 17.6 Å². The molecule has 5 rings (SSSR count). The van der Waals surface area contributed by atoms with Crippen LogP contribution < -0.4 is 0 Å². The highest BCUT2D eigenvalue weighted by Crippen LogP contribution is 2.40. The largest absolute Gasteiger partial charge is 0.459 e. The third-order valence-electron chi connectivity index (χ3n) is 15.9. The van der Waals surface area contributed by atoms with Crippen LogP contribution in [0.25, 0.3) is 0 Å². The van der Waals surface area contributed by atoms with Gasteiger partial charge < -0.3 is 63.4 Å². The van der Waals surface area contributed by atoms with E-state index in [2.05, 4.69) is 15.2 Å². The van der Waals surface area contributed by atoms with Crippen molar-refractivity contribution in [3.63, 3.8) is 0 Å². The number of esters is 1. The van der Waals surface area contributed by atoms with Crippen LogP contribution in [-0.2, 0) is 50.3 Å². The van der Waals surface area contributed by atoms with E-state index in [0.717, 1.165) is 11.1 Å². The van der Waals surface area contributed by atoms with Crippen molar-refractivity contribution in [2.24, 2.45) is 17.8 Å². The highest BCUT2D eigenvalue weighted by molar-refractivity contribution is 6.17. The molecule has 0 spiro atoms. The smallest absolute Gasteiger partial charge is 0.311 e. The minimum atomic E-state index is -1.82. The van der Waals surface area contributed by atoms with E-state index in [-0.39, 0.29) is 37.3 Å². The summed E-state index contributed by atoms with van der Waals surface area (Å²) in [5.41, 5.74) is -1.94. The van der Waals surface area contributed by atoms with Gasteiger partial charge in [-0.15, -0.1) is 16.7 Å². The summed E-state index contributed by atoms with van der Waals surface area (Å²) in [7, 11) is 6.96. The molecule has 406 valence electrons. The van der Waals surface area contributed by atoms with Crippen molar-refractivity contribution < 1.29 is 62.8 Å². The van der Waals surface area contributed by atoms with Gasteiger partial charge in [-0.25, -0.2) is 9.07 Å². The number of aliphatic hydroxyl groups excluding tert-OH is 2. The number of hydrogen-bond acceptors (Lipinski definition) is 16. The van der Waals surface area contributed by atoms with E-state index in [1.165, 1.54) is 18.7 Å². The maximum absolute atomic E-state index is 14.7. The van der Waals surface area contributed by atoms with E-state index in [1.54, 1.807) is 47.9 Å². The number of cyclic esters (lactones) is 1. The van der Waals surface area contributed by atoms with Crippen LogP contribution in [0, 0.1) is 17.8 Å². The van der Waals surface area contributed by atoms with Crippen LogP contribution in [0.15, 0.2) is 30.5 Å². The molecule has 1 aromatic carbocycles. The van der Waals surface area contributed by atoms with E-state index in [4.69, 9.17) is 44.8 Å². The topological polar surface area (TPSA) is 200 Å². The summed E-state index contributed by atoms with van der Waals surface area (Å²) in [5.74, 6) is -2.18. The summed E-state index contributed by atoms with van der Waals surface area (Å²) in [6, 6.07) is 6.29. The minimum Gasteiger partial charge on any atom is -0.459 e. The maximum atomic E-state index is 14.7. The number of nitrogens with zero attached hydrogens (tertiary/aromatic N) is 5. The van der Waals surface area contributed by atoms with Crippen LogP contribution in [0.4, 0.5) is 4.39 Å². The molecular formula is C52H87ClFN5O12. The first kappa shape index (κ1) is 59.4. The highest BCUT2D eigenvalue weighted by Gasteiger charge is 2.52. The van der Waals surface area contributed by atoms with Crippen molar-refractivity contribution in [3.8, 4) is 0 Å². The molecule has 4 heterocycles. The first-order valence-electron chi connectivity index (χ1n) is 25.6. The third kappa shape index (κ3) is 14.3. The summed E-state index contributed by atoms with van der Waals surface area (Å²) in [6.07, 6.45) is -4.51. The molecule has 0 amide bonds. The Labute approximate surface area is 426 Å². The standard InChI is InChI=1S/C52H87ClFN5O12/c1-15-41-52(10,64)46(60)34(6)58(12)28-30(2)24-50(8,63)48(32(4)44(33(5)49(62)69-41)70-43-25-51(9,66-14)47(61)35(7)68-43)71-42-23-39(22-31(3)67-42)57(11)21-20-38-29-59(56-55-38)40(27-54)45(65-13)37-18-16-36(26-53)17-19-37/h16-19,29-35,39-48,60-61,63-64H,15,20-28H2,1-14H3/t30-,31-,32+,33-,34-,35+,39+,40-,41-,42+,43+,44+,45-,46-,47+,48-,50-,51-,52-/m1/s1. The van der Waals surface area contributed by atoms with Crippen LogP contribution >= 0.6 is 11.6 Å². The minimum absolute atomic E-state index is 0.00999. The highest BCUT2D eigenvalue weighted by atomic mass is 35.5. The number of aliphatic hydroxyl groups is 4. The molecule has 3 saturated heterocycles. The van der Waals surface area contributed by atoms with Crippen LogP contribution in [0.1, 0.15) is 130 Å². The number of benzene rings is 1. The first-order valence-corrected chi connectivity index (χ1v) is 26.1. The number of aromatic nitrogens is 3. The number of hydrogen-bond donors (Lipinski definition) is 4. The SMILES string of the molecule is CC[C@H]1OC(=O)[C@H](C)[C@@H](O[C@H]2C[C@@](C)(OC)[C@@H](O)[C@H](C)O2)[C@H](C)[C@@H](O[C@H]2C[C@@H](N(C)CCc3cn([C@H](CF)[C@H](OC)c4ccc(CCl)cc4)nn3)C[C@@H](C)O2)[C@](C)(O)C[C@@H](C)CN(C)[C@H](C)[C@@H](O)[C@]1(C)O. The predicted molar refractivity (Wildman–Crippen MR) is 266 cm³/mol. The van der Waals surface area contributed by atoms with Crippen LogP contribution in [0.3, 0.4) is 0 Å². The third-order valence-corrected chi connectivity index (χ3v) is 16.2. The Bertz CT molecular complexity index is 1950. The van der Waals surface area contributed by atoms with Gasteiger partial charge in [-0.1, -0.05) is 50.3 Å². The molecule has 2 aromatic rings. The maximum Gasteiger partial charge on any atom is 0.311 e. The van der Waals surface area contributed by atoms with Gasteiger partial charge in [0.05, 0.1) is 47.2 Å². The molecule has 19 atom stereocenters. The molecule has 0 unspecified atom stereocenters. The Morgan fingerprint density at radius 1 is 0.972 bits per heavy atom.